The Morgan fingerprint density at radius 1 is 1.38 bits per heavy atom. The Bertz CT molecular complexity index is 586. The van der Waals surface area contributed by atoms with Crippen molar-refractivity contribution in [1.29, 1.82) is 0 Å². The van der Waals surface area contributed by atoms with E-state index in [1.807, 2.05) is 6.07 Å². The highest BCUT2D eigenvalue weighted by Crippen LogP contribution is 2.19. The summed E-state index contributed by atoms with van der Waals surface area (Å²) in [5, 5.41) is 6.17. The third kappa shape index (κ3) is 5.67. The minimum atomic E-state index is -4.18. The summed E-state index contributed by atoms with van der Waals surface area (Å²) in [5.74, 6) is 0.227. The van der Waals surface area contributed by atoms with Gasteiger partial charge in [0.2, 0.25) is 0 Å². The largest absolute Gasteiger partial charge is 0.401 e. The van der Waals surface area contributed by atoms with Crippen LogP contribution in [0.15, 0.2) is 23.2 Å². The van der Waals surface area contributed by atoms with Crippen molar-refractivity contribution in [2.45, 2.75) is 32.1 Å². The molecule has 2 N–H and O–H groups in total. The highest BCUT2D eigenvalue weighted by molar-refractivity contribution is 5.80. The predicted molar refractivity (Wildman–Crippen MR) is 85.4 cm³/mol. The summed E-state index contributed by atoms with van der Waals surface area (Å²) in [5.41, 5.74) is 1.35. The average molecular weight is 346 g/mol. The lowest BCUT2D eigenvalue weighted by atomic mass is 10.1. The van der Waals surface area contributed by atoms with E-state index in [-0.39, 0.29) is 11.9 Å². The monoisotopic (exact) mass is 346 g/mol. The van der Waals surface area contributed by atoms with E-state index in [0.29, 0.717) is 37.6 Å². The molecule has 1 heterocycles. The van der Waals surface area contributed by atoms with Gasteiger partial charge in [0, 0.05) is 32.7 Å². The number of nitrogens with one attached hydrogen (secondary N) is 2. The van der Waals surface area contributed by atoms with Crippen molar-refractivity contribution in [2.75, 3.05) is 26.7 Å². The van der Waals surface area contributed by atoms with Gasteiger partial charge >= 0.3 is 6.18 Å². The van der Waals surface area contributed by atoms with Crippen molar-refractivity contribution in [2.24, 2.45) is 4.99 Å². The van der Waals surface area contributed by atoms with Crippen molar-refractivity contribution < 1.29 is 17.6 Å². The van der Waals surface area contributed by atoms with Crippen LogP contribution in [0.25, 0.3) is 0 Å². The van der Waals surface area contributed by atoms with Gasteiger partial charge in [0.15, 0.2) is 5.96 Å². The Hall–Kier alpha value is -1.83. The molecule has 0 bridgehead atoms. The highest BCUT2D eigenvalue weighted by atomic mass is 19.4. The van der Waals surface area contributed by atoms with Crippen LogP contribution in [0.3, 0.4) is 0 Å². The lowest BCUT2D eigenvalue weighted by molar-refractivity contribution is -0.143. The van der Waals surface area contributed by atoms with E-state index in [2.05, 4.69) is 15.6 Å². The third-order valence-corrected chi connectivity index (χ3v) is 3.94. The molecule has 134 valence electrons. The van der Waals surface area contributed by atoms with Gasteiger partial charge < -0.3 is 10.6 Å². The fourth-order valence-corrected chi connectivity index (χ4v) is 2.67. The minimum Gasteiger partial charge on any atom is -0.352 e. The number of likely N-dealkylation sites (tertiary alicyclic amines) is 1. The number of aliphatic imine (C=N–C) groups is 1. The van der Waals surface area contributed by atoms with Crippen LogP contribution in [0, 0.1) is 12.7 Å². The molecule has 0 spiro atoms. The minimum absolute atomic E-state index is 0.0895. The summed E-state index contributed by atoms with van der Waals surface area (Å²) < 4.78 is 50.7. The second kappa shape index (κ2) is 7.83. The van der Waals surface area contributed by atoms with E-state index in [9.17, 15) is 17.6 Å². The highest BCUT2D eigenvalue weighted by Gasteiger charge is 2.34. The number of hydrogen-bond donors (Lipinski definition) is 2. The fourth-order valence-electron chi connectivity index (χ4n) is 2.67. The maximum Gasteiger partial charge on any atom is 0.401 e. The predicted octanol–water partition coefficient (Wildman–Crippen LogP) is 2.44. The molecule has 2 rings (SSSR count). The first-order valence-electron chi connectivity index (χ1n) is 7.78. The van der Waals surface area contributed by atoms with Crippen molar-refractivity contribution in [3.8, 4) is 0 Å². The average Bonchev–Trinajstić information content (AvgIpc) is 2.91. The molecule has 1 fully saturated rings. The van der Waals surface area contributed by atoms with Crippen LogP contribution in [-0.4, -0.2) is 49.8 Å². The Kier molecular flexibility index (Phi) is 6.04. The first-order chi connectivity index (χ1) is 11.3. The summed E-state index contributed by atoms with van der Waals surface area (Å²) in [6, 6.07) is 4.89. The first kappa shape index (κ1) is 18.5. The van der Waals surface area contributed by atoms with Crippen LogP contribution in [-0.2, 0) is 6.54 Å². The number of hydrogen-bond acceptors (Lipinski definition) is 2. The summed E-state index contributed by atoms with van der Waals surface area (Å²) in [6.45, 7) is 1.91. The maximum atomic E-state index is 13.5. The van der Waals surface area contributed by atoms with Crippen LogP contribution in [0.4, 0.5) is 17.6 Å². The lowest BCUT2D eigenvalue weighted by Gasteiger charge is -2.20. The molecule has 1 aliphatic rings. The number of nitrogens with zero attached hydrogens (tertiary/aromatic N) is 2. The lowest BCUT2D eigenvalue weighted by Crippen LogP contribution is -2.44. The molecule has 4 nitrogen and oxygen atoms in total. The van der Waals surface area contributed by atoms with Gasteiger partial charge in [-0.25, -0.2) is 4.39 Å². The zero-order chi connectivity index (χ0) is 17.7. The zero-order valence-corrected chi connectivity index (χ0v) is 13.8. The Labute approximate surface area is 138 Å². The van der Waals surface area contributed by atoms with Gasteiger partial charge in [-0.1, -0.05) is 12.1 Å². The van der Waals surface area contributed by atoms with Gasteiger partial charge in [0.1, 0.15) is 5.82 Å². The van der Waals surface area contributed by atoms with Crippen molar-refractivity contribution in [3.05, 3.63) is 35.1 Å². The number of rotatable bonds is 4. The van der Waals surface area contributed by atoms with Gasteiger partial charge in [-0.3, -0.25) is 9.89 Å². The van der Waals surface area contributed by atoms with Crippen LogP contribution in [0.2, 0.25) is 0 Å². The number of guanidine groups is 1. The molecule has 0 aromatic heterocycles. The Morgan fingerprint density at radius 3 is 2.75 bits per heavy atom. The number of halogens is 4. The van der Waals surface area contributed by atoms with E-state index in [1.54, 1.807) is 20.0 Å². The van der Waals surface area contributed by atoms with Gasteiger partial charge in [-0.15, -0.1) is 0 Å². The maximum absolute atomic E-state index is 13.5. The normalized spacial score (nSPS) is 19.6. The van der Waals surface area contributed by atoms with Crippen molar-refractivity contribution in [3.63, 3.8) is 0 Å². The van der Waals surface area contributed by atoms with E-state index < -0.39 is 12.7 Å². The molecule has 0 amide bonds. The summed E-state index contributed by atoms with van der Waals surface area (Å²) in [6.07, 6.45) is -3.56. The smallest absolute Gasteiger partial charge is 0.352 e. The molecule has 1 atom stereocenters. The number of aryl methyl sites for hydroxylation is 1. The van der Waals surface area contributed by atoms with E-state index in [4.69, 9.17) is 0 Å². The molecule has 0 saturated carbocycles. The summed E-state index contributed by atoms with van der Waals surface area (Å²) in [4.78, 5) is 5.44. The third-order valence-electron chi connectivity index (χ3n) is 3.94. The molecule has 0 aliphatic carbocycles. The zero-order valence-electron chi connectivity index (χ0n) is 13.8. The van der Waals surface area contributed by atoms with Crippen LogP contribution in [0.1, 0.15) is 17.5 Å². The quantitative estimate of drug-likeness (QED) is 0.500. The van der Waals surface area contributed by atoms with Gasteiger partial charge in [0.25, 0.3) is 0 Å². The van der Waals surface area contributed by atoms with Gasteiger partial charge in [-0.05, 0) is 30.5 Å². The SMILES string of the molecule is CN=C(NCc1ccc(C)c(F)c1)NC1CCN(CC(F)(F)F)C1. The molecule has 1 aromatic rings. The molecule has 0 radical (unpaired) electrons. The van der Waals surface area contributed by atoms with Gasteiger partial charge in [-0.2, -0.15) is 13.2 Å². The van der Waals surface area contributed by atoms with Gasteiger partial charge in [0.05, 0.1) is 6.54 Å². The van der Waals surface area contributed by atoms with E-state index in [0.717, 1.165) is 5.56 Å². The van der Waals surface area contributed by atoms with Crippen molar-refractivity contribution in [1.82, 2.24) is 15.5 Å². The molecule has 8 heteroatoms. The second-order valence-electron chi connectivity index (χ2n) is 5.99. The standard InChI is InChI=1S/C16H22F4N4/c1-11-3-4-12(7-14(11)17)8-22-15(21-2)23-13-5-6-24(9-13)10-16(18,19)20/h3-4,7,13H,5-6,8-10H2,1-2H3,(H2,21,22,23). The molecule has 24 heavy (non-hydrogen) atoms. The fraction of sp³-hybridized carbons (Fsp3) is 0.562. The Balaban J connectivity index is 1.81. The topological polar surface area (TPSA) is 39.7 Å². The molecule has 1 aromatic carbocycles. The molecule has 1 saturated heterocycles. The van der Waals surface area contributed by atoms with E-state index >= 15 is 0 Å². The van der Waals surface area contributed by atoms with E-state index in [1.165, 1.54) is 11.0 Å². The molecular formula is C16H22F4N4. The Morgan fingerprint density at radius 2 is 2.12 bits per heavy atom. The first-order valence-corrected chi connectivity index (χ1v) is 7.78. The number of benzene rings is 1. The second-order valence-corrected chi connectivity index (χ2v) is 5.99. The van der Waals surface area contributed by atoms with Crippen molar-refractivity contribution >= 4 is 5.96 Å². The van der Waals surface area contributed by atoms with Crippen LogP contribution in [0.5, 0.6) is 0 Å². The number of alkyl halides is 3. The van der Waals surface area contributed by atoms with Crippen LogP contribution >= 0.6 is 0 Å². The van der Waals surface area contributed by atoms with Crippen LogP contribution < -0.4 is 10.6 Å². The molecular weight excluding hydrogens is 324 g/mol. The summed E-state index contributed by atoms with van der Waals surface area (Å²) >= 11 is 0. The molecule has 1 aliphatic heterocycles. The molecule has 1 unspecified atom stereocenters. The summed E-state index contributed by atoms with van der Waals surface area (Å²) in [7, 11) is 1.59.